The molecule has 5 rings (SSSR count). The van der Waals surface area contributed by atoms with Crippen LogP contribution in [-0.2, 0) is 0 Å². The molecule has 0 radical (unpaired) electrons. The van der Waals surface area contributed by atoms with Gasteiger partial charge in [-0.2, -0.15) is 0 Å². The van der Waals surface area contributed by atoms with E-state index in [1.54, 1.807) is 0 Å². The summed E-state index contributed by atoms with van der Waals surface area (Å²) in [6.45, 7) is 0. The van der Waals surface area contributed by atoms with Gasteiger partial charge in [-0.3, -0.25) is 0 Å². The minimum absolute atomic E-state index is 0.450. The monoisotopic (exact) mass is 361 g/mol. The van der Waals surface area contributed by atoms with Crippen molar-refractivity contribution in [2.45, 2.75) is 37.8 Å². The van der Waals surface area contributed by atoms with Gasteiger partial charge in [0.2, 0.25) is 5.95 Å². The van der Waals surface area contributed by atoms with Crippen molar-refractivity contribution in [3.63, 3.8) is 0 Å². The third kappa shape index (κ3) is 3.04. The normalized spacial score (nSPS) is 20.3. The first-order valence-electron chi connectivity index (χ1n) is 9.51. The van der Waals surface area contributed by atoms with Crippen molar-refractivity contribution < 1.29 is 0 Å². The highest BCUT2D eigenvalue weighted by atomic mass is 15.3. The van der Waals surface area contributed by atoms with Gasteiger partial charge in [0.05, 0.1) is 11.7 Å². The summed E-state index contributed by atoms with van der Waals surface area (Å²) in [6.07, 6.45) is 14.4. The highest BCUT2D eigenvalue weighted by Gasteiger charge is 2.20. The maximum absolute atomic E-state index is 4.67. The summed E-state index contributed by atoms with van der Waals surface area (Å²) in [5.41, 5.74) is 4.18. The van der Waals surface area contributed by atoms with Crippen molar-refractivity contribution in [1.82, 2.24) is 29.3 Å². The predicted octanol–water partition coefficient (Wildman–Crippen LogP) is 2.99. The van der Waals surface area contributed by atoms with Gasteiger partial charge in [-0.15, -0.1) is 5.10 Å². The van der Waals surface area contributed by atoms with Crippen LogP contribution in [0.3, 0.4) is 0 Å². The first-order chi connectivity index (χ1) is 13.3. The lowest BCUT2D eigenvalue weighted by Gasteiger charge is -2.28. The minimum atomic E-state index is 0.450. The van der Waals surface area contributed by atoms with Crippen LogP contribution in [0.15, 0.2) is 49.2 Å². The molecular weight excluding hydrogens is 338 g/mol. The van der Waals surface area contributed by atoms with E-state index in [9.17, 15) is 0 Å². The maximum atomic E-state index is 4.67. The molecule has 4 aromatic rings. The van der Waals surface area contributed by atoms with Gasteiger partial charge in [-0.05, 0) is 50.9 Å². The highest BCUT2D eigenvalue weighted by molar-refractivity contribution is 5.80. The lowest BCUT2D eigenvalue weighted by atomic mass is 9.91. The number of anilines is 1. The Hall–Kier alpha value is -2.93. The van der Waals surface area contributed by atoms with Crippen molar-refractivity contribution in [3.8, 4) is 11.1 Å². The van der Waals surface area contributed by atoms with Crippen LogP contribution in [-0.4, -0.2) is 43.1 Å². The molecule has 0 bridgehead atoms. The Morgan fingerprint density at radius 2 is 1.85 bits per heavy atom. The van der Waals surface area contributed by atoms with Gasteiger partial charge in [0, 0.05) is 48.0 Å². The van der Waals surface area contributed by atoms with E-state index < -0.39 is 0 Å². The molecule has 27 heavy (non-hydrogen) atoms. The first-order valence-corrected chi connectivity index (χ1v) is 9.51. The van der Waals surface area contributed by atoms with Crippen LogP contribution in [0.25, 0.3) is 22.3 Å². The average Bonchev–Trinajstić information content (AvgIpc) is 3.34. The molecule has 1 saturated carbocycles. The average molecular weight is 361 g/mol. The number of aromatic nitrogens is 5. The molecular formula is C20H23N7. The molecule has 1 fully saturated rings. The molecule has 7 nitrogen and oxygen atoms in total. The van der Waals surface area contributed by atoms with Crippen LogP contribution >= 0.6 is 0 Å². The fourth-order valence-corrected chi connectivity index (χ4v) is 4.00. The Morgan fingerprint density at radius 1 is 1.00 bits per heavy atom. The first kappa shape index (κ1) is 16.3. The van der Waals surface area contributed by atoms with Gasteiger partial charge < -0.3 is 15.0 Å². The Bertz CT molecular complexity index is 1070. The summed E-state index contributed by atoms with van der Waals surface area (Å²) in [5, 5.41) is 11.5. The third-order valence-electron chi connectivity index (χ3n) is 5.59. The van der Waals surface area contributed by atoms with Crippen LogP contribution in [0, 0.1) is 0 Å². The van der Waals surface area contributed by atoms with E-state index in [1.807, 2.05) is 46.8 Å². The van der Waals surface area contributed by atoms with Crippen LogP contribution < -0.4 is 10.6 Å². The second-order valence-corrected chi connectivity index (χ2v) is 7.23. The van der Waals surface area contributed by atoms with E-state index in [1.165, 1.54) is 12.8 Å². The zero-order valence-corrected chi connectivity index (χ0v) is 15.3. The number of nitrogens with zero attached hydrogens (tertiary/aromatic N) is 5. The number of fused-ring (bicyclic) bond motifs is 2. The summed E-state index contributed by atoms with van der Waals surface area (Å²) in [4.78, 5) is 8.87. The Morgan fingerprint density at radius 3 is 2.70 bits per heavy atom. The molecule has 138 valence electrons. The molecule has 0 unspecified atom stereocenters. The summed E-state index contributed by atoms with van der Waals surface area (Å²) in [6, 6.07) is 7.29. The van der Waals surface area contributed by atoms with Gasteiger partial charge in [-0.1, -0.05) is 0 Å². The minimum Gasteiger partial charge on any atom is -0.350 e. The van der Waals surface area contributed by atoms with Crippen molar-refractivity contribution >= 4 is 17.1 Å². The van der Waals surface area contributed by atoms with Crippen LogP contribution in [0.1, 0.15) is 25.7 Å². The molecule has 4 heterocycles. The molecule has 0 aliphatic heterocycles. The third-order valence-corrected chi connectivity index (χ3v) is 5.59. The second kappa shape index (κ2) is 6.66. The number of hydrogen-bond acceptors (Lipinski definition) is 5. The van der Waals surface area contributed by atoms with Crippen molar-refractivity contribution in [1.29, 1.82) is 0 Å². The molecule has 0 spiro atoms. The lowest BCUT2D eigenvalue weighted by Crippen LogP contribution is -2.35. The van der Waals surface area contributed by atoms with E-state index in [0.717, 1.165) is 35.1 Å². The van der Waals surface area contributed by atoms with E-state index in [-0.39, 0.29) is 0 Å². The lowest BCUT2D eigenvalue weighted by molar-refractivity contribution is 0.370. The van der Waals surface area contributed by atoms with E-state index in [2.05, 4.69) is 44.0 Å². The predicted molar refractivity (Wildman–Crippen MR) is 106 cm³/mol. The van der Waals surface area contributed by atoms with E-state index in [4.69, 9.17) is 0 Å². The van der Waals surface area contributed by atoms with Gasteiger partial charge in [-0.25, -0.2) is 14.5 Å². The van der Waals surface area contributed by atoms with Crippen LogP contribution in [0.5, 0.6) is 0 Å². The fraction of sp³-hybridized carbons (Fsp3) is 0.350. The Balaban J connectivity index is 1.39. The second-order valence-electron chi connectivity index (χ2n) is 7.23. The van der Waals surface area contributed by atoms with Crippen molar-refractivity contribution in [2.75, 3.05) is 12.4 Å². The summed E-state index contributed by atoms with van der Waals surface area (Å²) >= 11 is 0. The topological polar surface area (TPSA) is 71.5 Å². The number of rotatable bonds is 4. The molecule has 0 atom stereocenters. The van der Waals surface area contributed by atoms with Crippen LogP contribution in [0.4, 0.5) is 5.95 Å². The Labute approximate surface area is 157 Å². The number of pyridine rings is 1. The molecule has 4 aromatic heterocycles. The summed E-state index contributed by atoms with van der Waals surface area (Å²) in [5.74, 6) is 0.697. The molecule has 0 amide bonds. The standard InChI is InChI=1S/C20H23N7/c1-21-15-3-5-16(6-4-15)24-20-23-12-18-17(8-10-27(18)25-20)14-2-7-19-22-9-11-26(19)13-14/h2,7-13,15-16,21H,3-6H2,1H3,(H,24,25). The highest BCUT2D eigenvalue weighted by Crippen LogP contribution is 2.26. The number of nitrogens with one attached hydrogen (secondary N) is 2. The van der Waals surface area contributed by atoms with Crippen molar-refractivity contribution in [2.24, 2.45) is 0 Å². The van der Waals surface area contributed by atoms with E-state index in [0.29, 0.717) is 18.0 Å². The zero-order valence-electron chi connectivity index (χ0n) is 15.3. The summed E-state index contributed by atoms with van der Waals surface area (Å²) < 4.78 is 3.93. The van der Waals surface area contributed by atoms with Crippen molar-refractivity contribution in [3.05, 3.63) is 49.2 Å². The fourth-order valence-electron chi connectivity index (χ4n) is 4.00. The van der Waals surface area contributed by atoms with Gasteiger partial charge in [0.25, 0.3) is 0 Å². The van der Waals surface area contributed by atoms with Gasteiger partial charge in [0.1, 0.15) is 5.65 Å². The molecule has 2 N–H and O–H groups in total. The Kier molecular flexibility index (Phi) is 4.01. The molecule has 1 aliphatic carbocycles. The quantitative estimate of drug-likeness (QED) is 0.585. The summed E-state index contributed by atoms with van der Waals surface area (Å²) in [7, 11) is 2.05. The maximum Gasteiger partial charge on any atom is 0.241 e. The molecule has 1 aliphatic rings. The van der Waals surface area contributed by atoms with Gasteiger partial charge in [0.15, 0.2) is 0 Å². The molecule has 0 saturated heterocycles. The number of imidazole rings is 1. The zero-order chi connectivity index (χ0) is 18.2. The SMILES string of the molecule is CNC1CCC(Nc2ncc3c(-c4ccc5nccn5c4)ccn3n2)CC1. The van der Waals surface area contributed by atoms with Crippen LogP contribution in [0.2, 0.25) is 0 Å². The van der Waals surface area contributed by atoms with Gasteiger partial charge >= 0.3 is 0 Å². The smallest absolute Gasteiger partial charge is 0.241 e. The largest absolute Gasteiger partial charge is 0.350 e. The van der Waals surface area contributed by atoms with E-state index >= 15 is 0 Å². The molecule has 0 aromatic carbocycles. The molecule has 7 heteroatoms. The number of hydrogen-bond donors (Lipinski definition) is 2.